The van der Waals surface area contributed by atoms with Crippen LogP contribution in [-0.4, -0.2) is 27.9 Å². The van der Waals surface area contributed by atoms with E-state index < -0.39 is 5.25 Å². The van der Waals surface area contributed by atoms with Gasteiger partial charge >= 0.3 is 5.97 Å². The van der Waals surface area contributed by atoms with E-state index in [0.29, 0.717) is 15.4 Å². The molecule has 3 heterocycles. The molecule has 0 amide bonds. The molecule has 3 aromatic rings. The fraction of sp³-hybridized carbons (Fsp3) is 0.267. The van der Waals surface area contributed by atoms with Gasteiger partial charge in [0.1, 0.15) is 10.1 Å². The first-order valence-electron chi connectivity index (χ1n) is 6.79. The van der Waals surface area contributed by atoms with E-state index in [1.54, 1.807) is 25.3 Å². The maximum absolute atomic E-state index is 12.8. The molecule has 5 nitrogen and oxygen atoms in total. The largest absolute Gasteiger partial charge is 0.468 e. The lowest BCUT2D eigenvalue weighted by molar-refractivity contribution is -0.139. The Bertz CT molecular complexity index is 912. The number of carbonyl (C=O) groups excluding carboxylic acids is 1. The number of nitrogens with zero attached hydrogens (tertiary/aromatic N) is 2. The number of thioether (sulfide) groups is 1. The van der Waals surface area contributed by atoms with Crippen molar-refractivity contribution in [3.05, 3.63) is 33.2 Å². The molecule has 3 rings (SSSR count). The van der Waals surface area contributed by atoms with E-state index in [0.717, 1.165) is 10.4 Å². The first-order valence-corrected chi connectivity index (χ1v) is 9.43. The fourth-order valence-corrected chi connectivity index (χ4v) is 4.85. The smallest absolute Gasteiger partial charge is 0.318 e. The van der Waals surface area contributed by atoms with Crippen molar-refractivity contribution in [1.29, 1.82) is 0 Å². The SMILES string of the molecule is COC(=O)[C@@H](C)Sc1nc2scc(-c3cccs3)c2c(=O)n1C. The zero-order valence-electron chi connectivity index (χ0n) is 12.7. The second-order valence-corrected chi connectivity index (χ2v) is 7.96. The number of ether oxygens (including phenoxy) is 1. The fourth-order valence-electron chi connectivity index (χ4n) is 2.14. The number of hydrogen-bond donors (Lipinski definition) is 0. The zero-order chi connectivity index (χ0) is 16.6. The molecule has 8 heteroatoms. The van der Waals surface area contributed by atoms with Crippen LogP contribution in [0.1, 0.15) is 6.92 Å². The van der Waals surface area contributed by atoms with Crippen molar-refractivity contribution in [3.8, 4) is 10.4 Å². The summed E-state index contributed by atoms with van der Waals surface area (Å²) in [5.41, 5.74) is 0.824. The molecule has 0 aliphatic rings. The highest BCUT2D eigenvalue weighted by Crippen LogP contribution is 2.34. The standard InChI is InChI=1S/C15H14N2O3S3/c1-8(14(19)20-3)23-15-16-12-11(13(18)17(15)2)9(7-22-12)10-5-4-6-21-10/h4-8H,1-3H3/t8-/m1/s1. The van der Waals surface area contributed by atoms with E-state index in [4.69, 9.17) is 4.74 Å². The molecule has 0 fully saturated rings. The molecule has 0 aromatic carbocycles. The Balaban J connectivity index is 2.09. The van der Waals surface area contributed by atoms with Gasteiger partial charge in [-0.25, -0.2) is 4.98 Å². The van der Waals surface area contributed by atoms with E-state index >= 15 is 0 Å². The minimum atomic E-state index is -0.424. The van der Waals surface area contributed by atoms with Crippen LogP contribution in [0.4, 0.5) is 0 Å². The lowest BCUT2D eigenvalue weighted by atomic mass is 10.2. The summed E-state index contributed by atoms with van der Waals surface area (Å²) in [5, 5.41) is 4.67. The molecule has 1 atom stereocenters. The Morgan fingerprint density at radius 3 is 2.87 bits per heavy atom. The van der Waals surface area contributed by atoms with Gasteiger partial charge in [-0.1, -0.05) is 17.8 Å². The molecule has 120 valence electrons. The van der Waals surface area contributed by atoms with Gasteiger partial charge in [0.25, 0.3) is 5.56 Å². The second kappa shape index (κ2) is 6.46. The van der Waals surface area contributed by atoms with Crippen LogP contribution in [0, 0.1) is 0 Å². The van der Waals surface area contributed by atoms with Gasteiger partial charge in [-0.15, -0.1) is 22.7 Å². The molecule has 0 aliphatic carbocycles. The summed E-state index contributed by atoms with van der Waals surface area (Å²) < 4.78 is 6.22. The third kappa shape index (κ3) is 2.93. The Hall–Kier alpha value is -1.64. The Labute approximate surface area is 144 Å². The molecule has 0 unspecified atom stereocenters. The van der Waals surface area contributed by atoms with Gasteiger partial charge in [0.05, 0.1) is 12.5 Å². The van der Waals surface area contributed by atoms with Crippen molar-refractivity contribution in [2.45, 2.75) is 17.3 Å². The molecule has 0 spiro atoms. The van der Waals surface area contributed by atoms with Gasteiger partial charge in [0.15, 0.2) is 5.16 Å². The number of hydrogen-bond acceptors (Lipinski definition) is 7. The first-order chi connectivity index (χ1) is 11.0. The van der Waals surface area contributed by atoms with Crippen molar-refractivity contribution in [3.63, 3.8) is 0 Å². The molecule has 0 saturated heterocycles. The average Bonchev–Trinajstić information content (AvgIpc) is 3.20. The van der Waals surface area contributed by atoms with Gasteiger partial charge in [-0.05, 0) is 18.4 Å². The molecule has 0 saturated carbocycles. The van der Waals surface area contributed by atoms with Crippen molar-refractivity contribution in [2.75, 3.05) is 7.11 Å². The maximum atomic E-state index is 12.8. The van der Waals surface area contributed by atoms with Gasteiger partial charge < -0.3 is 4.74 Å². The van der Waals surface area contributed by atoms with E-state index in [-0.39, 0.29) is 11.5 Å². The van der Waals surface area contributed by atoms with Crippen molar-refractivity contribution >= 4 is 50.6 Å². The highest BCUT2D eigenvalue weighted by Gasteiger charge is 2.20. The van der Waals surface area contributed by atoms with E-state index in [2.05, 4.69) is 4.98 Å². The average molecular weight is 366 g/mol. The van der Waals surface area contributed by atoms with E-state index in [1.165, 1.54) is 34.8 Å². The Kier molecular flexibility index (Phi) is 4.56. The van der Waals surface area contributed by atoms with E-state index in [1.807, 2.05) is 22.9 Å². The minimum Gasteiger partial charge on any atom is -0.468 e. The number of fused-ring (bicyclic) bond motifs is 1. The zero-order valence-corrected chi connectivity index (χ0v) is 15.2. The molecule has 23 heavy (non-hydrogen) atoms. The summed E-state index contributed by atoms with van der Waals surface area (Å²) in [5.74, 6) is -0.338. The topological polar surface area (TPSA) is 61.2 Å². The number of carbonyl (C=O) groups is 1. The normalized spacial score (nSPS) is 12.5. The quantitative estimate of drug-likeness (QED) is 0.402. The number of aromatic nitrogens is 2. The summed E-state index contributed by atoms with van der Waals surface area (Å²) in [6, 6.07) is 3.96. The Morgan fingerprint density at radius 2 is 2.22 bits per heavy atom. The second-order valence-electron chi connectivity index (χ2n) is 4.85. The summed E-state index contributed by atoms with van der Waals surface area (Å²) in [7, 11) is 3.03. The molecule has 0 aliphatic heterocycles. The van der Waals surface area contributed by atoms with Crippen LogP contribution in [0.25, 0.3) is 20.7 Å². The Morgan fingerprint density at radius 1 is 1.43 bits per heavy atom. The predicted octanol–water partition coefficient (Wildman–Crippen LogP) is 3.38. The van der Waals surface area contributed by atoms with Crippen molar-refractivity contribution in [1.82, 2.24) is 9.55 Å². The summed E-state index contributed by atoms with van der Waals surface area (Å²) in [6.45, 7) is 1.73. The van der Waals surface area contributed by atoms with Crippen LogP contribution in [0.15, 0.2) is 32.8 Å². The molecular weight excluding hydrogens is 352 g/mol. The van der Waals surface area contributed by atoms with Crippen molar-refractivity contribution in [2.24, 2.45) is 7.05 Å². The van der Waals surface area contributed by atoms with Crippen LogP contribution in [0.2, 0.25) is 0 Å². The van der Waals surface area contributed by atoms with Crippen LogP contribution in [0.3, 0.4) is 0 Å². The van der Waals surface area contributed by atoms with Gasteiger partial charge in [0.2, 0.25) is 0 Å². The van der Waals surface area contributed by atoms with Crippen LogP contribution >= 0.6 is 34.4 Å². The van der Waals surface area contributed by atoms with Gasteiger partial charge in [-0.2, -0.15) is 0 Å². The predicted molar refractivity (Wildman–Crippen MR) is 95.5 cm³/mol. The molecule has 3 aromatic heterocycles. The van der Waals surface area contributed by atoms with E-state index in [9.17, 15) is 9.59 Å². The third-order valence-corrected chi connectivity index (χ3v) is 6.27. The molecule has 0 N–H and O–H groups in total. The number of rotatable bonds is 4. The lowest BCUT2D eigenvalue weighted by Gasteiger charge is -2.11. The highest BCUT2D eigenvalue weighted by molar-refractivity contribution is 8.00. The first kappa shape index (κ1) is 16.2. The summed E-state index contributed by atoms with van der Waals surface area (Å²) >= 11 is 4.26. The minimum absolute atomic E-state index is 0.0979. The summed E-state index contributed by atoms with van der Waals surface area (Å²) in [6.07, 6.45) is 0. The van der Waals surface area contributed by atoms with Crippen LogP contribution in [-0.2, 0) is 16.6 Å². The molecule has 0 radical (unpaired) electrons. The van der Waals surface area contributed by atoms with Crippen LogP contribution < -0.4 is 5.56 Å². The van der Waals surface area contributed by atoms with Gasteiger partial charge in [0, 0.05) is 22.9 Å². The lowest BCUT2D eigenvalue weighted by Crippen LogP contribution is -2.22. The van der Waals surface area contributed by atoms with Crippen LogP contribution in [0.5, 0.6) is 0 Å². The molecular formula is C15H14N2O3S3. The number of methoxy groups -OCH3 is 1. The van der Waals surface area contributed by atoms with Gasteiger partial charge in [-0.3, -0.25) is 14.2 Å². The summed E-state index contributed by atoms with van der Waals surface area (Å²) in [4.78, 5) is 30.6. The maximum Gasteiger partial charge on any atom is 0.318 e. The third-order valence-electron chi connectivity index (χ3n) is 3.38. The highest BCUT2D eigenvalue weighted by atomic mass is 32.2. The number of thiophene rings is 2. The monoisotopic (exact) mass is 366 g/mol. The number of esters is 1. The van der Waals surface area contributed by atoms with Crippen molar-refractivity contribution < 1.29 is 9.53 Å². The molecule has 0 bridgehead atoms.